The Bertz CT molecular complexity index is 975. The molecule has 0 saturated heterocycles. The van der Waals surface area contributed by atoms with E-state index < -0.39 is 7.60 Å². The first-order valence-electron chi connectivity index (χ1n) is 10.8. The summed E-state index contributed by atoms with van der Waals surface area (Å²) in [5.41, 5.74) is 5.62. The number of nitrogens with one attached hydrogen (secondary N) is 1. The molecule has 1 heterocycles. The van der Waals surface area contributed by atoms with Crippen molar-refractivity contribution in [1.29, 1.82) is 0 Å². The number of hydrogen-bond acceptors (Lipinski definition) is 3. The van der Waals surface area contributed by atoms with Crippen LogP contribution in [0.3, 0.4) is 0 Å². The number of unbranched alkanes of at least 4 members (excludes halogenated alkanes) is 3. The first kappa shape index (κ1) is 22.8. The van der Waals surface area contributed by atoms with Crippen molar-refractivity contribution in [2.24, 2.45) is 0 Å². The molecule has 0 spiro atoms. The van der Waals surface area contributed by atoms with E-state index in [9.17, 15) is 4.57 Å². The number of furan rings is 1. The number of fused-ring (bicyclic) bond motifs is 1. The SMILES string of the molecule is CCCCCCc1ccc(-c2ccc(CNCCCP(=O)(O)O)c3occc23)cc1. The van der Waals surface area contributed by atoms with Gasteiger partial charge >= 0.3 is 7.60 Å². The van der Waals surface area contributed by atoms with Crippen LogP contribution in [0.25, 0.3) is 22.1 Å². The number of rotatable bonds is 12. The molecule has 1 aromatic heterocycles. The van der Waals surface area contributed by atoms with E-state index in [-0.39, 0.29) is 6.16 Å². The summed E-state index contributed by atoms with van der Waals surface area (Å²) in [5.74, 6) is 0. The predicted octanol–water partition coefficient (Wildman–Crippen LogP) is 5.88. The lowest BCUT2D eigenvalue weighted by molar-refractivity contribution is 0.371. The maximum atomic E-state index is 10.9. The summed E-state index contributed by atoms with van der Waals surface area (Å²) in [5, 5.41) is 4.33. The topological polar surface area (TPSA) is 82.7 Å². The summed E-state index contributed by atoms with van der Waals surface area (Å²) in [6, 6.07) is 15.0. The Hall–Kier alpha value is -1.91. The molecule has 6 heteroatoms. The molecular weight excluding hydrogens is 397 g/mol. The second-order valence-electron chi connectivity index (χ2n) is 7.86. The Kier molecular flexibility index (Phi) is 8.29. The minimum Gasteiger partial charge on any atom is -0.464 e. The third-order valence-electron chi connectivity index (χ3n) is 5.40. The molecule has 3 N–H and O–H groups in total. The highest BCUT2D eigenvalue weighted by Gasteiger charge is 2.13. The Balaban J connectivity index is 1.64. The van der Waals surface area contributed by atoms with Gasteiger partial charge in [-0.1, -0.05) is 62.6 Å². The van der Waals surface area contributed by atoms with Gasteiger partial charge in [-0.05, 0) is 48.6 Å². The molecular formula is C24H32NO4P. The van der Waals surface area contributed by atoms with Crippen molar-refractivity contribution < 1.29 is 18.8 Å². The largest absolute Gasteiger partial charge is 0.464 e. The third kappa shape index (κ3) is 6.55. The van der Waals surface area contributed by atoms with Crippen molar-refractivity contribution in [3.63, 3.8) is 0 Å². The first-order valence-corrected chi connectivity index (χ1v) is 12.6. The van der Waals surface area contributed by atoms with E-state index in [2.05, 4.69) is 48.6 Å². The molecule has 0 atom stereocenters. The molecule has 0 bridgehead atoms. The Morgan fingerprint density at radius 3 is 2.50 bits per heavy atom. The fourth-order valence-corrected chi connectivity index (χ4v) is 4.32. The molecule has 0 aliphatic rings. The van der Waals surface area contributed by atoms with Crippen LogP contribution in [0, 0.1) is 0 Å². The van der Waals surface area contributed by atoms with Gasteiger partial charge in [0, 0.05) is 17.5 Å². The van der Waals surface area contributed by atoms with Gasteiger partial charge in [0.05, 0.1) is 12.4 Å². The van der Waals surface area contributed by atoms with Crippen LogP contribution in [0.2, 0.25) is 0 Å². The summed E-state index contributed by atoms with van der Waals surface area (Å²) >= 11 is 0. The maximum Gasteiger partial charge on any atom is 0.325 e. The molecule has 0 aliphatic carbocycles. The van der Waals surface area contributed by atoms with Gasteiger partial charge in [0.1, 0.15) is 5.58 Å². The van der Waals surface area contributed by atoms with Crippen LogP contribution in [0.15, 0.2) is 53.1 Å². The van der Waals surface area contributed by atoms with Crippen molar-refractivity contribution in [1.82, 2.24) is 5.32 Å². The maximum absolute atomic E-state index is 10.9. The number of aryl methyl sites for hydroxylation is 1. The highest BCUT2D eigenvalue weighted by molar-refractivity contribution is 7.51. The van der Waals surface area contributed by atoms with E-state index in [1.54, 1.807) is 6.26 Å². The molecule has 3 aromatic rings. The van der Waals surface area contributed by atoms with Gasteiger partial charge in [-0.25, -0.2) is 0 Å². The van der Waals surface area contributed by atoms with Gasteiger partial charge in [-0.3, -0.25) is 4.57 Å². The lowest BCUT2D eigenvalue weighted by Crippen LogP contribution is -2.16. The van der Waals surface area contributed by atoms with Crippen molar-refractivity contribution in [3.8, 4) is 11.1 Å². The molecule has 0 unspecified atom stereocenters. The Morgan fingerprint density at radius 2 is 1.77 bits per heavy atom. The minimum atomic E-state index is -3.92. The van der Waals surface area contributed by atoms with E-state index in [4.69, 9.17) is 14.2 Å². The van der Waals surface area contributed by atoms with Crippen molar-refractivity contribution >= 4 is 18.6 Å². The monoisotopic (exact) mass is 429 g/mol. The Labute approximate surface area is 178 Å². The number of hydrogen-bond donors (Lipinski definition) is 3. The summed E-state index contributed by atoms with van der Waals surface area (Å²) in [4.78, 5) is 17.9. The highest BCUT2D eigenvalue weighted by Crippen LogP contribution is 2.35. The first-order chi connectivity index (χ1) is 14.5. The van der Waals surface area contributed by atoms with E-state index in [1.807, 2.05) is 6.07 Å². The summed E-state index contributed by atoms with van der Waals surface area (Å²) in [7, 11) is -3.92. The van der Waals surface area contributed by atoms with E-state index >= 15 is 0 Å². The summed E-state index contributed by atoms with van der Waals surface area (Å²) in [6.07, 6.45) is 8.30. The van der Waals surface area contributed by atoms with Gasteiger partial charge in [-0.2, -0.15) is 0 Å². The smallest absolute Gasteiger partial charge is 0.325 e. The molecule has 2 aromatic carbocycles. The molecule has 0 saturated carbocycles. The minimum absolute atomic E-state index is 0.0936. The van der Waals surface area contributed by atoms with Gasteiger partial charge in [0.25, 0.3) is 0 Å². The fraction of sp³-hybridized carbons (Fsp3) is 0.417. The standard InChI is InChI=1S/C24H32NO4P/c1-2-3-4-5-7-19-8-10-20(11-9-19)22-13-12-21(24-23(22)14-16-29-24)18-25-15-6-17-30(26,27)28/h8-14,16,25H,2-7,15,17-18H2,1H3,(H2,26,27,28). The molecule has 3 rings (SSSR count). The molecule has 0 aliphatic heterocycles. The van der Waals surface area contributed by atoms with Crippen LogP contribution in [-0.4, -0.2) is 22.5 Å². The third-order valence-corrected chi connectivity index (χ3v) is 6.30. The van der Waals surface area contributed by atoms with E-state index in [0.717, 1.165) is 28.5 Å². The second-order valence-corrected chi connectivity index (χ2v) is 9.64. The normalized spacial score (nSPS) is 12.0. The van der Waals surface area contributed by atoms with Gasteiger partial charge in [0.15, 0.2) is 0 Å². The average Bonchev–Trinajstić information content (AvgIpc) is 3.21. The lowest BCUT2D eigenvalue weighted by Gasteiger charge is -2.10. The zero-order valence-corrected chi connectivity index (χ0v) is 18.5. The van der Waals surface area contributed by atoms with Crippen LogP contribution >= 0.6 is 7.60 Å². The average molecular weight is 429 g/mol. The van der Waals surface area contributed by atoms with Crippen molar-refractivity contribution in [2.45, 2.75) is 52.0 Å². The summed E-state index contributed by atoms with van der Waals surface area (Å²) in [6.45, 7) is 3.39. The summed E-state index contributed by atoms with van der Waals surface area (Å²) < 4.78 is 16.7. The zero-order chi connectivity index (χ0) is 21.4. The molecule has 0 fully saturated rings. The van der Waals surface area contributed by atoms with Gasteiger partial charge < -0.3 is 19.5 Å². The van der Waals surface area contributed by atoms with Crippen LogP contribution < -0.4 is 5.32 Å². The molecule has 0 radical (unpaired) electrons. The Morgan fingerprint density at radius 1 is 0.967 bits per heavy atom. The molecule has 0 amide bonds. The predicted molar refractivity (Wildman–Crippen MR) is 123 cm³/mol. The van der Waals surface area contributed by atoms with E-state index in [0.29, 0.717) is 19.5 Å². The van der Waals surface area contributed by atoms with Crippen LogP contribution in [-0.2, 0) is 17.5 Å². The number of benzene rings is 2. The van der Waals surface area contributed by atoms with Crippen LogP contribution in [0.5, 0.6) is 0 Å². The quantitative estimate of drug-likeness (QED) is 0.247. The highest BCUT2D eigenvalue weighted by atomic mass is 31.2. The van der Waals surface area contributed by atoms with Crippen molar-refractivity contribution in [3.05, 3.63) is 59.9 Å². The second kappa shape index (κ2) is 10.9. The zero-order valence-electron chi connectivity index (χ0n) is 17.6. The molecule has 162 valence electrons. The van der Waals surface area contributed by atoms with Gasteiger partial charge in [-0.15, -0.1) is 0 Å². The van der Waals surface area contributed by atoms with E-state index in [1.165, 1.54) is 36.8 Å². The van der Waals surface area contributed by atoms with Gasteiger partial charge in [0.2, 0.25) is 0 Å². The van der Waals surface area contributed by atoms with Crippen molar-refractivity contribution in [2.75, 3.05) is 12.7 Å². The van der Waals surface area contributed by atoms with Crippen LogP contribution in [0.4, 0.5) is 0 Å². The lowest BCUT2D eigenvalue weighted by atomic mass is 9.97. The molecule has 5 nitrogen and oxygen atoms in total. The fourth-order valence-electron chi connectivity index (χ4n) is 3.75. The molecule has 30 heavy (non-hydrogen) atoms. The van der Waals surface area contributed by atoms with Crippen LogP contribution in [0.1, 0.15) is 50.2 Å².